The van der Waals surface area contributed by atoms with Crippen molar-refractivity contribution in [1.29, 1.82) is 0 Å². The molecule has 2 aromatic rings. The Labute approximate surface area is 130 Å². The minimum Gasteiger partial charge on any atom is -0.324 e. The quantitative estimate of drug-likeness (QED) is 0.815. The molecule has 3 nitrogen and oxygen atoms in total. The number of nitrogens with zero attached hydrogens (tertiary/aromatic N) is 1. The van der Waals surface area contributed by atoms with Gasteiger partial charge in [0.2, 0.25) is 5.91 Å². The Hall–Kier alpha value is -1.14. The largest absolute Gasteiger partial charge is 0.324 e. The highest BCUT2D eigenvalue weighted by Crippen LogP contribution is 2.24. The molecule has 19 heavy (non-hydrogen) atoms. The molecule has 1 aromatic carbocycles. The van der Waals surface area contributed by atoms with Crippen LogP contribution in [0, 0.1) is 10.5 Å². The first-order chi connectivity index (χ1) is 9.06. The van der Waals surface area contributed by atoms with Crippen molar-refractivity contribution in [2.24, 2.45) is 0 Å². The maximum absolute atomic E-state index is 12.0. The fraction of sp³-hybridized carbons (Fsp3) is 0.143. The van der Waals surface area contributed by atoms with Gasteiger partial charge in [-0.15, -0.1) is 0 Å². The van der Waals surface area contributed by atoms with E-state index in [1.807, 2.05) is 31.2 Å². The molecule has 0 aliphatic carbocycles. The molecular formula is C14H12ClIN2O. The Bertz CT molecular complexity index is 616. The molecule has 1 aromatic heterocycles. The average molecular weight is 387 g/mol. The summed E-state index contributed by atoms with van der Waals surface area (Å²) in [6.07, 6.45) is 1.93. The summed E-state index contributed by atoms with van der Waals surface area (Å²) in [6, 6.07) is 9.30. The predicted molar refractivity (Wildman–Crippen MR) is 85.5 cm³/mol. The van der Waals surface area contributed by atoms with Crippen molar-refractivity contribution in [1.82, 2.24) is 4.98 Å². The summed E-state index contributed by atoms with van der Waals surface area (Å²) >= 11 is 8.24. The molecule has 1 heterocycles. The lowest BCUT2D eigenvalue weighted by molar-refractivity contribution is -0.115. The molecule has 5 heteroatoms. The van der Waals surface area contributed by atoms with Crippen LogP contribution in [0.1, 0.15) is 11.3 Å². The Morgan fingerprint density at radius 1 is 1.42 bits per heavy atom. The summed E-state index contributed by atoms with van der Waals surface area (Å²) in [4.78, 5) is 16.2. The number of benzene rings is 1. The monoisotopic (exact) mass is 386 g/mol. The van der Waals surface area contributed by atoms with Gasteiger partial charge in [-0.05, 0) is 59.3 Å². The van der Waals surface area contributed by atoms with Crippen LogP contribution >= 0.6 is 34.2 Å². The minimum atomic E-state index is -0.120. The number of aryl methyl sites for hydroxylation is 1. The van der Waals surface area contributed by atoms with Crippen molar-refractivity contribution in [3.05, 3.63) is 56.4 Å². The molecule has 0 saturated carbocycles. The first kappa shape index (κ1) is 14.3. The molecule has 0 atom stereocenters. The highest BCUT2D eigenvalue weighted by atomic mass is 127. The van der Waals surface area contributed by atoms with E-state index in [2.05, 4.69) is 32.9 Å². The second-order valence-corrected chi connectivity index (χ2v) is 5.77. The van der Waals surface area contributed by atoms with Gasteiger partial charge < -0.3 is 5.32 Å². The third-order valence-electron chi connectivity index (χ3n) is 2.65. The van der Waals surface area contributed by atoms with Gasteiger partial charge in [0.15, 0.2) is 0 Å². The highest BCUT2D eigenvalue weighted by Gasteiger charge is 2.09. The zero-order valence-corrected chi connectivity index (χ0v) is 13.2. The zero-order chi connectivity index (χ0) is 13.8. The fourth-order valence-corrected chi connectivity index (χ4v) is 2.54. The SMILES string of the molecule is Cc1cccnc1CC(=O)Nc1ccc(I)cc1Cl. The summed E-state index contributed by atoms with van der Waals surface area (Å²) in [6.45, 7) is 1.94. The van der Waals surface area contributed by atoms with Crippen molar-refractivity contribution < 1.29 is 4.79 Å². The smallest absolute Gasteiger partial charge is 0.230 e. The van der Waals surface area contributed by atoms with E-state index in [9.17, 15) is 4.79 Å². The van der Waals surface area contributed by atoms with Crippen LogP contribution in [0.4, 0.5) is 5.69 Å². The Kier molecular flexibility index (Phi) is 4.76. The van der Waals surface area contributed by atoms with Crippen LogP contribution in [-0.4, -0.2) is 10.9 Å². The average Bonchev–Trinajstić information content (AvgIpc) is 2.36. The molecule has 0 radical (unpaired) electrons. The lowest BCUT2D eigenvalue weighted by Gasteiger charge is -2.08. The second kappa shape index (κ2) is 6.34. The van der Waals surface area contributed by atoms with Gasteiger partial charge in [0, 0.05) is 9.77 Å². The van der Waals surface area contributed by atoms with Gasteiger partial charge in [-0.2, -0.15) is 0 Å². The Morgan fingerprint density at radius 3 is 2.89 bits per heavy atom. The van der Waals surface area contributed by atoms with Crippen LogP contribution in [0.3, 0.4) is 0 Å². The van der Waals surface area contributed by atoms with Crippen LogP contribution < -0.4 is 5.32 Å². The normalized spacial score (nSPS) is 10.3. The van der Waals surface area contributed by atoms with E-state index >= 15 is 0 Å². The van der Waals surface area contributed by atoms with Crippen LogP contribution in [0.2, 0.25) is 5.02 Å². The van der Waals surface area contributed by atoms with E-state index in [0.29, 0.717) is 10.7 Å². The van der Waals surface area contributed by atoms with Gasteiger partial charge in [-0.25, -0.2) is 0 Å². The van der Waals surface area contributed by atoms with Gasteiger partial charge in [-0.3, -0.25) is 9.78 Å². The topological polar surface area (TPSA) is 42.0 Å². The van der Waals surface area contributed by atoms with Gasteiger partial charge >= 0.3 is 0 Å². The van der Waals surface area contributed by atoms with E-state index in [-0.39, 0.29) is 12.3 Å². The highest BCUT2D eigenvalue weighted by molar-refractivity contribution is 14.1. The molecule has 0 saturated heterocycles. The molecule has 0 unspecified atom stereocenters. The van der Waals surface area contributed by atoms with Crippen molar-refractivity contribution in [2.45, 2.75) is 13.3 Å². The number of halogens is 2. The maximum atomic E-state index is 12.0. The first-order valence-electron chi connectivity index (χ1n) is 5.71. The number of hydrogen-bond donors (Lipinski definition) is 1. The van der Waals surface area contributed by atoms with E-state index in [1.54, 1.807) is 12.3 Å². The van der Waals surface area contributed by atoms with E-state index in [4.69, 9.17) is 11.6 Å². The lowest BCUT2D eigenvalue weighted by atomic mass is 10.1. The fourth-order valence-electron chi connectivity index (χ4n) is 1.64. The third kappa shape index (κ3) is 3.91. The summed E-state index contributed by atoms with van der Waals surface area (Å²) in [7, 11) is 0. The van der Waals surface area contributed by atoms with Gasteiger partial charge in [-0.1, -0.05) is 17.7 Å². The van der Waals surface area contributed by atoms with Gasteiger partial charge in [0.05, 0.1) is 22.8 Å². The standard InChI is InChI=1S/C14H12ClIN2O/c1-9-3-2-6-17-13(9)8-14(19)18-12-5-4-10(16)7-11(12)15/h2-7H,8H2,1H3,(H,18,19). The van der Waals surface area contributed by atoms with E-state index in [0.717, 1.165) is 14.8 Å². The van der Waals surface area contributed by atoms with Gasteiger partial charge in [0.1, 0.15) is 0 Å². The number of anilines is 1. The molecule has 1 amide bonds. The second-order valence-electron chi connectivity index (χ2n) is 4.12. The molecule has 1 N–H and O–H groups in total. The summed E-state index contributed by atoms with van der Waals surface area (Å²) in [5, 5.41) is 3.34. The number of carbonyl (C=O) groups is 1. The summed E-state index contributed by atoms with van der Waals surface area (Å²) in [5.74, 6) is -0.120. The third-order valence-corrected chi connectivity index (χ3v) is 3.63. The molecule has 0 fully saturated rings. The molecule has 0 spiro atoms. The zero-order valence-electron chi connectivity index (χ0n) is 10.3. The predicted octanol–water partition coefficient (Wildman–Crippen LogP) is 3.83. The van der Waals surface area contributed by atoms with Crippen molar-refractivity contribution in [3.8, 4) is 0 Å². The Balaban J connectivity index is 2.08. The molecule has 0 aliphatic rings. The van der Waals surface area contributed by atoms with Crippen LogP contribution in [0.25, 0.3) is 0 Å². The number of pyridine rings is 1. The summed E-state index contributed by atoms with van der Waals surface area (Å²) < 4.78 is 1.03. The van der Waals surface area contributed by atoms with Crippen molar-refractivity contribution >= 4 is 45.8 Å². The number of rotatable bonds is 3. The van der Waals surface area contributed by atoms with Gasteiger partial charge in [0.25, 0.3) is 0 Å². The van der Waals surface area contributed by atoms with Crippen molar-refractivity contribution in [2.75, 3.05) is 5.32 Å². The molecule has 2 rings (SSSR count). The van der Waals surface area contributed by atoms with E-state index < -0.39 is 0 Å². The molecular weight excluding hydrogens is 375 g/mol. The molecule has 98 valence electrons. The van der Waals surface area contributed by atoms with Crippen LogP contribution in [0.5, 0.6) is 0 Å². The minimum absolute atomic E-state index is 0.120. The van der Waals surface area contributed by atoms with Crippen LogP contribution in [-0.2, 0) is 11.2 Å². The first-order valence-corrected chi connectivity index (χ1v) is 7.17. The maximum Gasteiger partial charge on any atom is 0.230 e. The number of hydrogen-bond acceptors (Lipinski definition) is 2. The number of amides is 1. The lowest BCUT2D eigenvalue weighted by Crippen LogP contribution is -2.16. The van der Waals surface area contributed by atoms with Crippen LogP contribution in [0.15, 0.2) is 36.5 Å². The number of aromatic nitrogens is 1. The number of nitrogens with one attached hydrogen (secondary N) is 1. The molecule has 0 bridgehead atoms. The summed E-state index contributed by atoms with van der Waals surface area (Å²) in [5.41, 5.74) is 2.41. The Morgan fingerprint density at radius 2 is 2.21 bits per heavy atom. The van der Waals surface area contributed by atoms with E-state index in [1.165, 1.54) is 0 Å². The molecule has 0 aliphatic heterocycles. The number of carbonyl (C=O) groups excluding carboxylic acids is 1. The van der Waals surface area contributed by atoms with Crippen molar-refractivity contribution in [3.63, 3.8) is 0 Å².